The Balaban J connectivity index is 2.40. The maximum Gasteiger partial charge on any atom is 0.323 e. The molecule has 1 unspecified atom stereocenters. The fourth-order valence-corrected chi connectivity index (χ4v) is 2.22. The largest absolute Gasteiger partial charge is 0.493 e. The standard InChI is InChI=1S/C12H12N2O5S/c1-18-8-3-6-7(4-9(8)19-2)13-12(20)14(11(6)17)5-10(15)16/h3-4,6H,5H2,1-2H3,(H,15,16). The summed E-state index contributed by atoms with van der Waals surface area (Å²) in [5.74, 6) is -1.48. The van der Waals surface area contributed by atoms with E-state index in [-0.39, 0.29) is 5.11 Å². The third-order valence-electron chi connectivity index (χ3n) is 2.88. The summed E-state index contributed by atoms with van der Waals surface area (Å²) in [7, 11) is 2.92. The molecule has 0 saturated carbocycles. The van der Waals surface area contributed by atoms with Crippen LogP contribution in [0.4, 0.5) is 0 Å². The SMILES string of the molecule is COC1=CC2=NC(=S)N(CC(=O)O)C(=O)C2C=C1OC. The van der Waals surface area contributed by atoms with Crippen LogP contribution in [0.2, 0.25) is 0 Å². The summed E-state index contributed by atoms with van der Waals surface area (Å²) < 4.78 is 10.3. The van der Waals surface area contributed by atoms with Crippen molar-refractivity contribution in [3.63, 3.8) is 0 Å². The van der Waals surface area contributed by atoms with E-state index < -0.39 is 24.3 Å². The first-order chi connectivity index (χ1) is 9.47. The van der Waals surface area contributed by atoms with E-state index in [1.165, 1.54) is 20.3 Å². The van der Waals surface area contributed by atoms with E-state index >= 15 is 0 Å². The average Bonchev–Trinajstić information content (AvgIpc) is 2.42. The summed E-state index contributed by atoms with van der Waals surface area (Å²) in [5.41, 5.74) is 0.416. The number of amides is 1. The van der Waals surface area contributed by atoms with E-state index in [2.05, 4.69) is 4.99 Å². The number of carboxylic acids is 1. The molecule has 106 valence electrons. The highest BCUT2D eigenvalue weighted by Gasteiger charge is 2.37. The number of allylic oxidation sites excluding steroid dienone is 1. The van der Waals surface area contributed by atoms with E-state index in [1.54, 1.807) is 6.08 Å². The second kappa shape index (κ2) is 5.41. The van der Waals surface area contributed by atoms with Gasteiger partial charge in [0.1, 0.15) is 12.5 Å². The summed E-state index contributed by atoms with van der Waals surface area (Å²) >= 11 is 4.96. The Labute approximate surface area is 120 Å². The zero-order valence-electron chi connectivity index (χ0n) is 10.8. The molecule has 0 saturated heterocycles. The van der Waals surface area contributed by atoms with Crippen LogP contribution in [0.25, 0.3) is 0 Å². The number of ether oxygens (including phenoxy) is 2. The number of methoxy groups -OCH3 is 2. The number of aliphatic carboxylic acids is 1. The van der Waals surface area contributed by atoms with Gasteiger partial charge in [-0.25, -0.2) is 4.99 Å². The molecule has 7 nitrogen and oxygen atoms in total. The van der Waals surface area contributed by atoms with Crippen molar-refractivity contribution >= 4 is 34.9 Å². The molecule has 2 rings (SSSR count). The number of aliphatic imine (C=N–C) groups is 1. The van der Waals surface area contributed by atoms with E-state index in [0.29, 0.717) is 17.2 Å². The summed E-state index contributed by atoms with van der Waals surface area (Å²) in [4.78, 5) is 28.1. The molecule has 0 aromatic carbocycles. The number of rotatable bonds is 4. The molecule has 0 bridgehead atoms. The third-order valence-corrected chi connectivity index (χ3v) is 3.19. The minimum Gasteiger partial charge on any atom is -0.493 e. The zero-order chi connectivity index (χ0) is 14.9. The van der Waals surface area contributed by atoms with Crippen LogP contribution in [0.1, 0.15) is 0 Å². The molecule has 2 aliphatic rings. The van der Waals surface area contributed by atoms with Crippen LogP contribution in [0.15, 0.2) is 28.7 Å². The molecule has 1 heterocycles. The smallest absolute Gasteiger partial charge is 0.323 e. The van der Waals surface area contributed by atoms with Crippen LogP contribution >= 0.6 is 12.2 Å². The van der Waals surface area contributed by atoms with Gasteiger partial charge in [0.15, 0.2) is 11.5 Å². The first-order valence-electron chi connectivity index (χ1n) is 5.65. The molecular weight excluding hydrogens is 284 g/mol. The topological polar surface area (TPSA) is 88.4 Å². The predicted molar refractivity (Wildman–Crippen MR) is 73.1 cm³/mol. The van der Waals surface area contributed by atoms with E-state index in [1.807, 2.05) is 0 Å². The van der Waals surface area contributed by atoms with Gasteiger partial charge in [0, 0.05) is 6.08 Å². The van der Waals surface area contributed by atoms with Crippen molar-refractivity contribution in [1.82, 2.24) is 4.90 Å². The summed E-state index contributed by atoms with van der Waals surface area (Å²) in [6, 6.07) is 0. The molecule has 1 aliphatic carbocycles. The van der Waals surface area contributed by atoms with Crippen molar-refractivity contribution in [2.75, 3.05) is 20.8 Å². The van der Waals surface area contributed by atoms with Gasteiger partial charge in [0.25, 0.3) is 0 Å². The number of thiocarbonyl (C=S) groups is 1. The Hall–Kier alpha value is -2.22. The van der Waals surface area contributed by atoms with Crippen molar-refractivity contribution in [3.05, 3.63) is 23.7 Å². The normalized spacial score (nSPS) is 21.6. The molecule has 0 aromatic heterocycles. The van der Waals surface area contributed by atoms with Crippen LogP contribution < -0.4 is 0 Å². The molecule has 1 atom stereocenters. The lowest BCUT2D eigenvalue weighted by Gasteiger charge is -2.30. The number of nitrogens with zero attached hydrogens (tertiary/aromatic N) is 2. The van der Waals surface area contributed by atoms with Crippen molar-refractivity contribution in [3.8, 4) is 0 Å². The van der Waals surface area contributed by atoms with Gasteiger partial charge < -0.3 is 14.6 Å². The monoisotopic (exact) mass is 296 g/mol. The van der Waals surface area contributed by atoms with Gasteiger partial charge in [-0.05, 0) is 18.3 Å². The highest BCUT2D eigenvalue weighted by atomic mass is 32.1. The second-order valence-corrected chi connectivity index (χ2v) is 4.43. The highest BCUT2D eigenvalue weighted by Crippen LogP contribution is 2.27. The van der Waals surface area contributed by atoms with E-state index in [0.717, 1.165) is 4.90 Å². The molecule has 1 N–H and O–H groups in total. The van der Waals surface area contributed by atoms with Gasteiger partial charge in [-0.15, -0.1) is 0 Å². The lowest BCUT2D eigenvalue weighted by Crippen LogP contribution is -2.48. The summed E-state index contributed by atoms with van der Waals surface area (Å²) in [5, 5.41) is 8.74. The molecule has 0 fully saturated rings. The molecule has 8 heteroatoms. The van der Waals surface area contributed by atoms with Gasteiger partial charge in [-0.2, -0.15) is 0 Å². The first kappa shape index (κ1) is 14.2. The Morgan fingerprint density at radius 2 is 2.10 bits per heavy atom. The Morgan fingerprint density at radius 1 is 1.45 bits per heavy atom. The van der Waals surface area contributed by atoms with Gasteiger partial charge in [0.2, 0.25) is 11.0 Å². The number of carboxylic acid groups (broad SMARTS) is 1. The zero-order valence-corrected chi connectivity index (χ0v) is 11.6. The molecule has 1 amide bonds. The van der Waals surface area contributed by atoms with Crippen molar-refractivity contribution in [1.29, 1.82) is 0 Å². The van der Waals surface area contributed by atoms with Gasteiger partial charge in [-0.1, -0.05) is 0 Å². The van der Waals surface area contributed by atoms with Crippen molar-refractivity contribution < 1.29 is 24.2 Å². The highest BCUT2D eigenvalue weighted by molar-refractivity contribution is 7.80. The fraction of sp³-hybridized carbons (Fsp3) is 0.333. The molecule has 0 spiro atoms. The van der Waals surface area contributed by atoms with Gasteiger partial charge in [0.05, 0.1) is 19.9 Å². The molecular formula is C12H12N2O5S. The van der Waals surface area contributed by atoms with Crippen LogP contribution in [-0.2, 0) is 19.1 Å². The van der Waals surface area contributed by atoms with Gasteiger partial charge in [-0.3, -0.25) is 14.5 Å². The quantitative estimate of drug-likeness (QED) is 0.752. The minimum absolute atomic E-state index is 0.0652. The number of hydrogen-bond donors (Lipinski definition) is 1. The number of carbonyl (C=O) groups is 2. The molecule has 0 radical (unpaired) electrons. The summed E-state index contributed by atoms with van der Waals surface area (Å²) in [6.45, 7) is -0.512. The average molecular weight is 296 g/mol. The summed E-state index contributed by atoms with van der Waals surface area (Å²) in [6.07, 6.45) is 3.10. The second-order valence-electron chi connectivity index (χ2n) is 4.06. The van der Waals surface area contributed by atoms with E-state index in [9.17, 15) is 9.59 Å². The van der Waals surface area contributed by atoms with Crippen LogP contribution in [0.3, 0.4) is 0 Å². The Morgan fingerprint density at radius 3 is 2.65 bits per heavy atom. The third kappa shape index (κ3) is 2.42. The maximum atomic E-state index is 12.3. The maximum absolute atomic E-state index is 12.3. The van der Waals surface area contributed by atoms with E-state index in [4.69, 9.17) is 26.8 Å². The lowest BCUT2D eigenvalue weighted by molar-refractivity contribution is -0.142. The van der Waals surface area contributed by atoms with Gasteiger partial charge >= 0.3 is 5.97 Å². The number of hydrogen-bond acceptors (Lipinski definition) is 5. The first-order valence-corrected chi connectivity index (χ1v) is 6.06. The Kier molecular flexibility index (Phi) is 3.84. The van der Waals surface area contributed by atoms with Crippen LogP contribution in [-0.4, -0.2) is 53.5 Å². The number of carbonyl (C=O) groups excluding carboxylic acids is 1. The van der Waals surface area contributed by atoms with Crippen molar-refractivity contribution in [2.24, 2.45) is 10.9 Å². The number of fused-ring (bicyclic) bond motifs is 1. The molecule has 1 aliphatic heterocycles. The Bertz CT molecular complexity index is 578. The molecule has 0 aromatic rings. The van der Waals surface area contributed by atoms with Crippen LogP contribution in [0, 0.1) is 5.92 Å². The minimum atomic E-state index is -1.15. The van der Waals surface area contributed by atoms with Crippen molar-refractivity contribution in [2.45, 2.75) is 0 Å². The molecule has 20 heavy (non-hydrogen) atoms. The fourth-order valence-electron chi connectivity index (χ4n) is 1.96. The lowest BCUT2D eigenvalue weighted by atomic mass is 9.93. The van der Waals surface area contributed by atoms with Crippen LogP contribution in [0.5, 0.6) is 0 Å². The predicted octanol–water partition coefficient (Wildman–Crippen LogP) is 0.330.